The molecule has 0 unspecified atom stereocenters. The number of piperazine rings is 1. The van der Waals surface area contributed by atoms with Gasteiger partial charge < -0.3 is 15.5 Å². The van der Waals surface area contributed by atoms with Gasteiger partial charge in [-0.05, 0) is 28.8 Å². The molecule has 3 atom stereocenters. The third-order valence-corrected chi connectivity index (χ3v) is 6.15. The first-order chi connectivity index (χ1) is 15.1. The maximum absolute atomic E-state index is 13.0. The van der Waals surface area contributed by atoms with Crippen LogP contribution in [-0.2, 0) is 16.0 Å². The van der Waals surface area contributed by atoms with Crippen molar-refractivity contribution in [3.8, 4) is 0 Å². The smallest absolute Gasteiger partial charge is 0.252 e. The van der Waals surface area contributed by atoms with Crippen molar-refractivity contribution in [2.45, 2.75) is 31.0 Å². The molecular formula is C25H23N3O3. The molecule has 3 aromatic rings. The van der Waals surface area contributed by atoms with E-state index in [0.717, 1.165) is 16.3 Å². The monoisotopic (exact) mass is 413 g/mol. The van der Waals surface area contributed by atoms with E-state index in [0.29, 0.717) is 24.9 Å². The lowest BCUT2D eigenvalue weighted by atomic mass is 10.0. The number of hydrogen-bond acceptors (Lipinski definition) is 3. The van der Waals surface area contributed by atoms with E-state index in [2.05, 4.69) is 10.6 Å². The highest BCUT2D eigenvalue weighted by molar-refractivity contribution is 6.07. The van der Waals surface area contributed by atoms with Crippen molar-refractivity contribution in [2.24, 2.45) is 0 Å². The number of rotatable bonds is 4. The zero-order valence-corrected chi connectivity index (χ0v) is 17.0. The lowest BCUT2D eigenvalue weighted by molar-refractivity contribution is -0.147. The van der Waals surface area contributed by atoms with E-state index >= 15 is 0 Å². The van der Waals surface area contributed by atoms with E-state index in [-0.39, 0.29) is 23.8 Å². The van der Waals surface area contributed by atoms with E-state index in [1.807, 2.05) is 66.7 Å². The Morgan fingerprint density at radius 2 is 1.71 bits per heavy atom. The van der Waals surface area contributed by atoms with Gasteiger partial charge in [-0.2, -0.15) is 0 Å². The molecule has 2 N–H and O–H groups in total. The second kappa shape index (κ2) is 7.87. The molecule has 0 bridgehead atoms. The van der Waals surface area contributed by atoms with E-state index in [9.17, 15) is 14.4 Å². The number of nitrogens with zero attached hydrogens (tertiary/aromatic N) is 1. The number of benzene rings is 3. The van der Waals surface area contributed by atoms with Crippen LogP contribution in [-0.4, -0.2) is 47.3 Å². The predicted octanol–water partition coefficient (Wildman–Crippen LogP) is 2.28. The van der Waals surface area contributed by atoms with Gasteiger partial charge in [0.1, 0.15) is 12.1 Å². The van der Waals surface area contributed by atoms with Crippen LogP contribution in [0.15, 0.2) is 72.8 Å². The highest BCUT2D eigenvalue weighted by atomic mass is 16.2. The Hall–Kier alpha value is -3.67. The summed E-state index contributed by atoms with van der Waals surface area (Å²) >= 11 is 0. The largest absolute Gasteiger partial charge is 0.347 e. The van der Waals surface area contributed by atoms with Crippen molar-refractivity contribution in [2.75, 3.05) is 6.54 Å². The second-order valence-electron chi connectivity index (χ2n) is 8.19. The van der Waals surface area contributed by atoms with Crippen LogP contribution in [0.2, 0.25) is 0 Å². The molecule has 2 saturated heterocycles. The number of nitrogens with one attached hydrogen (secondary N) is 2. The summed E-state index contributed by atoms with van der Waals surface area (Å²) < 4.78 is 0. The topological polar surface area (TPSA) is 78.5 Å². The molecule has 0 saturated carbocycles. The molecule has 2 heterocycles. The van der Waals surface area contributed by atoms with Gasteiger partial charge in [-0.15, -0.1) is 0 Å². The van der Waals surface area contributed by atoms with Gasteiger partial charge >= 0.3 is 0 Å². The minimum Gasteiger partial charge on any atom is -0.347 e. The second-order valence-corrected chi connectivity index (χ2v) is 8.19. The molecule has 6 nitrogen and oxygen atoms in total. The molecule has 2 aliphatic rings. The highest BCUT2D eigenvalue weighted by Gasteiger charge is 2.46. The van der Waals surface area contributed by atoms with Gasteiger partial charge in [0.25, 0.3) is 5.91 Å². The summed E-state index contributed by atoms with van der Waals surface area (Å²) in [5.74, 6) is -0.423. The quantitative estimate of drug-likeness (QED) is 0.689. The Labute approximate surface area is 180 Å². The van der Waals surface area contributed by atoms with Crippen LogP contribution < -0.4 is 10.6 Å². The summed E-state index contributed by atoms with van der Waals surface area (Å²) in [7, 11) is 0. The van der Waals surface area contributed by atoms with Crippen LogP contribution in [0.25, 0.3) is 10.8 Å². The molecular weight excluding hydrogens is 390 g/mol. The normalized spacial score (nSPS) is 22.8. The third kappa shape index (κ3) is 3.65. The number of carbonyl (C=O) groups is 3. The van der Waals surface area contributed by atoms with Crippen LogP contribution in [0.1, 0.15) is 22.3 Å². The fourth-order valence-electron chi connectivity index (χ4n) is 4.64. The maximum atomic E-state index is 13.0. The fourth-order valence-corrected chi connectivity index (χ4v) is 4.64. The number of carbonyl (C=O) groups excluding carboxylic acids is 3. The van der Waals surface area contributed by atoms with Crippen LogP contribution in [0.3, 0.4) is 0 Å². The van der Waals surface area contributed by atoms with Crippen LogP contribution >= 0.6 is 0 Å². The van der Waals surface area contributed by atoms with E-state index in [4.69, 9.17) is 0 Å². The molecule has 0 aliphatic carbocycles. The summed E-state index contributed by atoms with van der Waals surface area (Å²) in [6.07, 6.45) is 0.883. The molecule has 6 heteroatoms. The molecule has 31 heavy (non-hydrogen) atoms. The molecule has 0 radical (unpaired) electrons. The SMILES string of the molecule is O=C(N[C@H]1C[C@H]2C(=O)N[C@@H](Cc3ccccc3)C(=O)N2C1)c1cccc2ccccc12. The van der Waals surface area contributed by atoms with Crippen LogP contribution in [0.4, 0.5) is 0 Å². The van der Waals surface area contributed by atoms with Crippen molar-refractivity contribution >= 4 is 28.5 Å². The zero-order valence-electron chi connectivity index (χ0n) is 17.0. The minimum atomic E-state index is -0.571. The summed E-state index contributed by atoms with van der Waals surface area (Å²) in [6, 6.07) is 21.7. The van der Waals surface area contributed by atoms with Gasteiger partial charge in [0, 0.05) is 24.6 Å². The number of hydrogen-bond donors (Lipinski definition) is 2. The molecule has 3 aromatic carbocycles. The summed E-state index contributed by atoms with van der Waals surface area (Å²) in [5, 5.41) is 7.79. The maximum Gasteiger partial charge on any atom is 0.252 e. The van der Waals surface area contributed by atoms with Crippen molar-refractivity contribution in [3.63, 3.8) is 0 Å². The van der Waals surface area contributed by atoms with Gasteiger partial charge in [-0.3, -0.25) is 14.4 Å². The van der Waals surface area contributed by atoms with Gasteiger partial charge in [0.05, 0.1) is 0 Å². The first-order valence-electron chi connectivity index (χ1n) is 10.5. The van der Waals surface area contributed by atoms with Gasteiger partial charge in [-0.1, -0.05) is 66.7 Å². The summed E-state index contributed by atoms with van der Waals surface area (Å²) in [4.78, 5) is 40.3. The molecule has 156 valence electrons. The van der Waals surface area contributed by atoms with E-state index in [1.54, 1.807) is 11.0 Å². The molecule has 0 spiro atoms. The predicted molar refractivity (Wildman–Crippen MR) is 117 cm³/mol. The Morgan fingerprint density at radius 1 is 0.968 bits per heavy atom. The van der Waals surface area contributed by atoms with Gasteiger partial charge in [-0.25, -0.2) is 0 Å². The van der Waals surface area contributed by atoms with Gasteiger partial charge in [0.2, 0.25) is 11.8 Å². The standard InChI is InChI=1S/C25H23N3O3/c29-23(20-12-6-10-17-9-4-5-11-19(17)20)26-18-14-22-24(30)27-21(25(31)28(22)15-18)13-16-7-2-1-3-8-16/h1-12,18,21-22H,13-15H2,(H,26,29)(H,27,30)/t18-,21-,22-/m0/s1. The first-order valence-corrected chi connectivity index (χ1v) is 10.5. The molecule has 2 fully saturated rings. The lowest BCUT2D eigenvalue weighted by Gasteiger charge is -2.34. The van der Waals surface area contributed by atoms with Crippen LogP contribution in [0, 0.1) is 0 Å². The summed E-state index contributed by atoms with van der Waals surface area (Å²) in [5.41, 5.74) is 1.60. The first kappa shape index (κ1) is 19.3. The number of amides is 3. The Kier molecular flexibility index (Phi) is 4.90. The Balaban J connectivity index is 1.30. The van der Waals surface area contributed by atoms with Crippen molar-refractivity contribution in [1.29, 1.82) is 0 Å². The number of fused-ring (bicyclic) bond motifs is 2. The Morgan fingerprint density at radius 3 is 2.55 bits per heavy atom. The molecule has 3 amide bonds. The zero-order chi connectivity index (χ0) is 21.4. The van der Waals surface area contributed by atoms with Crippen molar-refractivity contribution < 1.29 is 14.4 Å². The summed E-state index contributed by atoms with van der Waals surface area (Å²) in [6.45, 7) is 0.346. The van der Waals surface area contributed by atoms with Crippen molar-refractivity contribution in [3.05, 3.63) is 83.9 Å². The Bertz CT molecular complexity index is 1160. The third-order valence-electron chi connectivity index (χ3n) is 6.15. The fraction of sp³-hybridized carbons (Fsp3) is 0.240. The average molecular weight is 413 g/mol. The molecule has 2 aliphatic heterocycles. The van der Waals surface area contributed by atoms with E-state index < -0.39 is 12.1 Å². The molecule has 0 aromatic heterocycles. The van der Waals surface area contributed by atoms with Crippen molar-refractivity contribution in [1.82, 2.24) is 15.5 Å². The minimum absolute atomic E-state index is 0.0876. The van der Waals surface area contributed by atoms with Crippen LogP contribution in [0.5, 0.6) is 0 Å². The lowest BCUT2D eigenvalue weighted by Crippen LogP contribution is -2.61. The average Bonchev–Trinajstić information content (AvgIpc) is 3.22. The highest BCUT2D eigenvalue weighted by Crippen LogP contribution is 2.25. The van der Waals surface area contributed by atoms with Gasteiger partial charge in [0.15, 0.2) is 0 Å². The van der Waals surface area contributed by atoms with E-state index in [1.165, 1.54) is 0 Å². The molecule has 5 rings (SSSR count).